The molecule has 0 N–H and O–H groups in total. The van der Waals surface area contributed by atoms with E-state index in [1.165, 1.54) is 6.92 Å². The third-order valence-electron chi connectivity index (χ3n) is 2.15. The summed E-state index contributed by atoms with van der Waals surface area (Å²) >= 11 is 5.99. The fourth-order valence-corrected chi connectivity index (χ4v) is 1.48. The van der Waals surface area contributed by atoms with Crippen LogP contribution in [0.3, 0.4) is 0 Å². The van der Waals surface area contributed by atoms with Gasteiger partial charge in [-0.25, -0.2) is 0 Å². The number of benzene rings is 1. The lowest BCUT2D eigenvalue weighted by Gasteiger charge is -2.07. The number of carbonyl (C=O) groups is 1. The molecule has 0 amide bonds. The lowest BCUT2D eigenvalue weighted by atomic mass is 10.1. The van der Waals surface area contributed by atoms with E-state index in [1.54, 1.807) is 18.2 Å². The van der Waals surface area contributed by atoms with E-state index in [0.717, 1.165) is 12.8 Å². The van der Waals surface area contributed by atoms with E-state index in [0.29, 0.717) is 22.9 Å². The van der Waals surface area contributed by atoms with Crippen LogP contribution in [0.25, 0.3) is 0 Å². The molecule has 2 nitrogen and oxygen atoms in total. The van der Waals surface area contributed by atoms with Crippen molar-refractivity contribution < 1.29 is 9.53 Å². The largest absolute Gasteiger partial charge is 0.492 e. The number of allylic oxidation sites excluding steroid dienone is 1. The van der Waals surface area contributed by atoms with E-state index in [9.17, 15) is 4.79 Å². The Morgan fingerprint density at radius 1 is 1.56 bits per heavy atom. The summed E-state index contributed by atoms with van der Waals surface area (Å²) < 4.78 is 5.48. The van der Waals surface area contributed by atoms with Crippen LogP contribution in [0.15, 0.2) is 30.9 Å². The van der Waals surface area contributed by atoms with Crippen molar-refractivity contribution >= 4 is 17.4 Å². The summed E-state index contributed by atoms with van der Waals surface area (Å²) in [5.74, 6) is 0.621. The van der Waals surface area contributed by atoms with Crippen LogP contribution >= 0.6 is 11.6 Å². The maximum absolute atomic E-state index is 11.1. The average molecular weight is 239 g/mol. The molecule has 0 heterocycles. The molecule has 3 heteroatoms. The van der Waals surface area contributed by atoms with Crippen LogP contribution in [0.5, 0.6) is 5.75 Å². The van der Waals surface area contributed by atoms with E-state index >= 15 is 0 Å². The Bertz CT molecular complexity index is 386. The Morgan fingerprint density at radius 3 is 2.88 bits per heavy atom. The molecule has 0 aliphatic rings. The second-order valence-electron chi connectivity index (χ2n) is 3.48. The van der Waals surface area contributed by atoms with Crippen molar-refractivity contribution in [3.8, 4) is 5.75 Å². The maximum Gasteiger partial charge on any atom is 0.159 e. The van der Waals surface area contributed by atoms with Crippen molar-refractivity contribution in [2.45, 2.75) is 19.8 Å². The number of ether oxygens (including phenoxy) is 1. The number of halogens is 1. The minimum absolute atomic E-state index is 0.0000994. The third kappa shape index (κ3) is 3.70. The molecule has 0 spiro atoms. The highest BCUT2D eigenvalue weighted by Crippen LogP contribution is 2.25. The van der Waals surface area contributed by atoms with Crippen LogP contribution in [-0.4, -0.2) is 12.4 Å². The second kappa shape index (κ2) is 6.33. The van der Waals surface area contributed by atoms with Gasteiger partial charge in [0.15, 0.2) is 5.78 Å². The summed E-state index contributed by atoms with van der Waals surface area (Å²) in [6.07, 6.45) is 3.68. The Balaban J connectivity index is 2.61. The molecule has 0 unspecified atom stereocenters. The van der Waals surface area contributed by atoms with Crippen molar-refractivity contribution in [1.82, 2.24) is 0 Å². The van der Waals surface area contributed by atoms with Gasteiger partial charge in [-0.1, -0.05) is 17.7 Å². The Labute approximate surface area is 101 Å². The summed E-state index contributed by atoms with van der Waals surface area (Å²) in [5, 5.41) is 0.478. The molecule has 1 aromatic carbocycles. The smallest absolute Gasteiger partial charge is 0.159 e. The summed E-state index contributed by atoms with van der Waals surface area (Å²) in [5.41, 5.74) is 0.600. The molecule has 0 aliphatic heterocycles. The summed E-state index contributed by atoms with van der Waals surface area (Å²) in [4.78, 5) is 11.1. The molecule has 1 aromatic rings. The molecule has 1 rings (SSSR count). The van der Waals surface area contributed by atoms with Crippen LogP contribution < -0.4 is 4.74 Å². The fraction of sp³-hybridized carbons (Fsp3) is 0.308. The first-order valence-electron chi connectivity index (χ1n) is 5.19. The zero-order valence-corrected chi connectivity index (χ0v) is 10.1. The Morgan fingerprint density at radius 2 is 2.31 bits per heavy atom. The second-order valence-corrected chi connectivity index (χ2v) is 3.89. The first-order valence-corrected chi connectivity index (χ1v) is 5.57. The number of unbranched alkanes of at least 4 members (excludes halogenated alkanes) is 1. The number of ketones is 1. The standard InChI is InChI=1S/C13H15ClO2/c1-3-4-5-8-16-13-7-6-11(10(2)15)9-12(13)14/h3,6-7,9H,1,4-5,8H2,2H3. The third-order valence-corrected chi connectivity index (χ3v) is 2.44. The molecule has 0 aliphatic carbocycles. The number of carbonyl (C=O) groups excluding carboxylic acids is 1. The van der Waals surface area contributed by atoms with Crippen LogP contribution in [0.2, 0.25) is 5.02 Å². The van der Waals surface area contributed by atoms with Crippen molar-refractivity contribution in [3.05, 3.63) is 41.4 Å². The zero-order valence-electron chi connectivity index (χ0n) is 9.33. The van der Waals surface area contributed by atoms with E-state index in [1.807, 2.05) is 6.08 Å². The monoisotopic (exact) mass is 238 g/mol. The summed E-state index contributed by atoms with van der Waals surface area (Å²) in [6.45, 7) is 5.75. The molecule has 0 saturated carbocycles. The van der Waals surface area contributed by atoms with Crippen molar-refractivity contribution in [2.24, 2.45) is 0 Å². The van der Waals surface area contributed by atoms with E-state index in [2.05, 4.69) is 6.58 Å². The highest BCUT2D eigenvalue weighted by Gasteiger charge is 2.05. The Hall–Kier alpha value is -1.28. The van der Waals surface area contributed by atoms with Gasteiger partial charge in [0.1, 0.15) is 5.75 Å². The molecule has 86 valence electrons. The normalized spacial score (nSPS) is 9.88. The number of hydrogen-bond donors (Lipinski definition) is 0. The van der Waals surface area contributed by atoms with Gasteiger partial charge in [0.25, 0.3) is 0 Å². The van der Waals surface area contributed by atoms with Gasteiger partial charge in [-0.05, 0) is 38.0 Å². The summed E-state index contributed by atoms with van der Waals surface area (Å²) in [7, 11) is 0. The molecule has 16 heavy (non-hydrogen) atoms. The number of hydrogen-bond acceptors (Lipinski definition) is 2. The quantitative estimate of drug-likeness (QED) is 0.427. The SMILES string of the molecule is C=CCCCOc1ccc(C(C)=O)cc1Cl. The van der Waals surface area contributed by atoms with Crippen LogP contribution in [0, 0.1) is 0 Å². The highest BCUT2D eigenvalue weighted by atomic mass is 35.5. The van der Waals surface area contributed by atoms with Crippen LogP contribution in [-0.2, 0) is 0 Å². The predicted molar refractivity (Wildman–Crippen MR) is 66.4 cm³/mol. The maximum atomic E-state index is 11.1. The van der Waals surface area contributed by atoms with Gasteiger partial charge < -0.3 is 4.74 Å². The fourth-order valence-electron chi connectivity index (χ4n) is 1.25. The van der Waals surface area contributed by atoms with Gasteiger partial charge in [0.2, 0.25) is 0 Å². The predicted octanol–water partition coefficient (Wildman–Crippen LogP) is 3.89. The van der Waals surface area contributed by atoms with Crippen LogP contribution in [0.4, 0.5) is 0 Å². The highest BCUT2D eigenvalue weighted by molar-refractivity contribution is 6.32. The van der Waals surface area contributed by atoms with Gasteiger partial charge >= 0.3 is 0 Å². The topological polar surface area (TPSA) is 26.3 Å². The first kappa shape index (κ1) is 12.8. The van der Waals surface area contributed by atoms with Gasteiger partial charge in [-0.15, -0.1) is 6.58 Å². The minimum Gasteiger partial charge on any atom is -0.492 e. The van der Waals surface area contributed by atoms with Crippen molar-refractivity contribution in [1.29, 1.82) is 0 Å². The zero-order chi connectivity index (χ0) is 12.0. The van der Waals surface area contributed by atoms with Gasteiger partial charge in [0.05, 0.1) is 11.6 Å². The molecular weight excluding hydrogens is 224 g/mol. The van der Waals surface area contributed by atoms with Gasteiger partial charge in [-0.2, -0.15) is 0 Å². The molecule has 0 bridgehead atoms. The molecule has 0 atom stereocenters. The molecule has 0 saturated heterocycles. The van der Waals surface area contributed by atoms with Crippen LogP contribution in [0.1, 0.15) is 30.1 Å². The summed E-state index contributed by atoms with van der Waals surface area (Å²) in [6, 6.07) is 5.08. The number of Topliss-reactive ketones (excluding diaryl/α,β-unsaturated/α-hetero) is 1. The molecular formula is C13H15ClO2. The van der Waals surface area contributed by atoms with E-state index in [-0.39, 0.29) is 5.78 Å². The lowest BCUT2D eigenvalue weighted by molar-refractivity contribution is 0.101. The first-order chi connectivity index (χ1) is 7.65. The number of rotatable bonds is 6. The van der Waals surface area contributed by atoms with E-state index < -0.39 is 0 Å². The molecule has 0 radical (unpaired) electrons. The van der Waals surface area contributed by atoms with Gasteiger partial charge in [0, 0.05) is 5.56 Å². The van der Waals surface area contributed by atoms with Gasteiger partial charge in [-0.3, -0.25) is 4.79 Å². The van der Waals surface area contributed by atoms with Crippen molar-refractivity contribution in [2.75, 3.05) is 6.61 Å². The van der Waals surface area contributed by atoms with E-state index in [4.69, 9.17) is 16.3 Å². The van der Waals surface area contributed by atoms with Crippen molar-refractivity contribution in [3.63, 3.8) is 0 Å². The molecule has 0 aromatic heterocycles. The molecule has 0 fully saturated rings. The Kier molecular flexibility index (Phi) is 5.06. The lowest BCUT2D eigenvalue weighted by Crippen LogP contribution is -1.98. The minimum atomic E-state index is 0.0000994. The average Bonchev–Trinajstić information content (AvgIpc) is 2.26.